The Hall–Kier alpha value is -3.55. The molecule has 1 heterocycles. The largest absolute Gasteiger partial charge is 0.329 e. The van der Waals surface area contributed by atoms with Crippen LogP contribution in [-0.4, -0.2) is 31.7 Å². The number of nitro groups is 1. The van der Waals surface area contributed by atoms with Crippen molar-refractivity contribution >= 4 is 22.5 Å². The van der Waals surface area contributed by atoms with Crippen molar-refractivity contribution in [1.29, 1.82) is 0 Å². The monoisotopic (exact) mass is 366 g/mol. The summed E-state index contributed by atoms with van der Waals surface area (Å²) < 4.78 is 0. The molecule has 0 aliphatic carbocycles. The van der Waals surface area contributed by atoms with Gasteiger partial charge in [-0.1, -0.05) is 12.1 Å². The Bertz CT molecular complexity index is 1060. The average Bonchev–Trinajstić information content (AvgIpc) is 2.65. The number of benzene rings is 2. The summed E-state index contributed by atoms with van der Waals surface area (Å²) in [6, 6.07) is 12.3. The molecule has 8 heteroatoms. The molecule has 27 heavy (non-hydrogen) atoms. The summed E-state index contributed by atoms with van der Waals surface area (Å²) in [6.45, 7) is 3.82. The van der Waals surface area contributed by atoms with Gasteiger partial charge in [-0.15, -0.1) is 0 Å². The molecule has 138 valence electrons. The van der Waals surface area contributed by atoms with Gasteiger partial charge < -0.3 is 9.88 Å². The third-order valence-electron chi connectivity index (χ3n) is 4.19. The number of nitro benzene ring substituents is 1. The van der Waals surface area contributed by atoms with E-state index in [1.54, 1.807) is 29.2 Å². The lowest BCUT2D eigenvalue weighted by Crippen LogP contribution is -2.37. The molecule has 0 aliphatic heterocycles. The van der Waals surface area contributed by atoms with Gasteiger partial charge in [-0.05, 0) is 38.1 Å². The number of H-pyrrole nitrogens is 1. The summed E-state index contributed by atoms with van der Waals surface area (Å²) >= 11 is 0. The number of hydrogen-bond donors (Lipinski definition) is 1. The van der Waals surface area contributed by atoms with Gasteiger partial charge in [0, 0.05) is 23.7 Å². The summed E-state index contributed by atoms with van der Waals surface area (Å²) in [5, 5.41) is 11.3. The van der Waals surface area contributed by atoms with E-state index < -0.39 is 4.92 Å². The Balaban J connectivity index is 1.91. The average molecular weight is 366 g/mol. The molecule has 0 atom stereocenters. The van der Waals surface area contributed by atoms with Crippen LogP contribution in [0.15, 0.2) is 53.3 Å². The van der Waals surface area contributed by atoms with Gasteiger partial charge in [0.25, 0.3) is 17.2 Å². The predicted molar refractivity (Wildman–Crippen MR) is 100 cm³/mol. The number of nitrogens with zero attached hydrogens (tertiary/aromatic N) is 3. The first-order chi connectivity index (χ1) is 12.9. The minimum Gasteiger partial charge on any atom is -0.329 e. The number of hydrogen-bond acceptors (Lipinski definition) is 5. The number of fused-ring (bicyclic) bond motifs is 1. The topological polar surface area (TPSA) is 109 Å². The maximum absolute atomic E-state index is 12.9. The lowest BCUT2D eigenvalue weighted by Gasteiger charge is -2.26. The van der Waals surface area contributed by atoms with Crippen LogP contribution in [0.2, 0.25) is 0 Å². The van der Waals surface area contributed by atoms with Crippen LogP contribution in [0.1, 0.15) is 30.0 Å². The molecule has 0 saturated carbocycles. The van der Waals surface area contributed by atoms with E-state index in [-0.39, 0.29) is 29.7 Å². The van der Waals surface area contributed by atoms with Crippen LogP contribution in [0.25, 0.3) is 10.9 Å². The minimum absolute atomic E-state index is 0.0804. The number of para-hydroxylation sites is 1. The van der Waals surface area contributed by atoms with E-state index in [9.17, 15) is 19.7 Å². The fourth-order valence-electron chi connectivity index (χ4n) is 2.75. The second kappa shape index (κ2) is 7.36. The minimum atomic E-state index is -0.516. The highest BCUT2D eigenvalue weighted by Crippen LogP contribution is 2.16. The summed E-state index contributed by atoms with van der Waals surface area (Å²) in [6.07, 6.45) is 0. The number of carbonyl (C=O) groups is 1. The summed E-state index contributed by atoms with van der Waals surface area (Å²) in [4.78, 5) is 44.0. The van der Waals surface area contributed by atoms with E-state index in [0.717, 1.165) is 0 Å². The van der Waals surface area contributed by atoms with E-state index in [1.165, 1.54) is 24.3 Å². The van der Waals surface area contributed by atoms with E-state index >= 15 is 0 Å². The van der Waals surface area contributed by atoms with E-state index in [4.69, 9.17) is 0 Å². The highest BCUT2D eigenvalue weighted by atomic mass is 16.6. The number of aromatic nitrogens is 2. The molecule has 2 aromatic carbocycles. The number of carbonyl (C=O) groups excluding carboxylic acids is 1. The lowest BCUT2D eigenvalue weighted by atomic mass is 10.1. The standard InChI is InChI=1S/C19H18N4O4/c1-12(2)22(19(25)13-7-9-14(10-8-13)23(26)27)11-17-20-16-6-4-3-5-15(16)18(24)21-17/h3-10,12H,11H2,1-2H3,(H,20,21,24). The Labute approximate surface area is 154 Å². The summed E-state index contributed by atoms with van der Waals surface area (Å²) in [5.41, 5.74) is 0.547. The van der Waals surface area contributed by atoms with Gasteiger partial charge in [-0.25, -0.2) is 4.98 Å². The van der Waals surface area contributed by atoms with Crippen molar-refractivity contribution in [1.82, 2.24) is 14.9 Å². The molecule has 0 spiro atoms. The van der Waals surface area contributed by atoms with Crippen LogP contribution >= 0.6 is 0 Å². The maximum atomic E-state index is 12.9. The molecular weight excluding hydrogens is 348 g/mol. The van der Waals surface area contributed by atoms with E-state index in [2.05, 4.69) is 9.97 Å². The molecule has 0 fully saturated rings. The Kier molecular flexibility index (Phi) is 4.98. The number of rotatable bonds is 5. The van der Waals surface area contributed by atoms with Gasteiger partial charge in [0.2, 0.25) is 0 Å². The van der Waals surface area contributed by atoms with Crippen LogP contribution in [-0.2, 0) is 6.54 Å². The van der Waals surface area contributed by atoms with Crippen molar-refractivity contribution in [3.8, 4) is 0 Å². The molecule has 1 aromatic heterocycles. The van der Waals surface area contributed by atoms with Gasteiger partial charge in [0.1, 0.15) is 5.82 Å². The Morgan fingerprint density at radius 2 is 1.85 bits per heavy atom. The molecule has 3 rings (SSSR count). The smallest absolute Gasteiger partial charge is 0.269 e. The molecule has 1 amide bonds. The second-order valence-electron chi connectivity index (χ2n) is 6.36. The molecule has 0 aliphatic rings. The van der Waals surface area contributed by atoms with Crippen molar-refractivity contribution in [2.75, 3.05) is 0 Å². The first-order valence-electron chi connectivity index (χ1n) is 8.40. The van der Waals surface area contributed by atoms with Crippen molar-refractivity contribution in [2.45, 2.75) is 26.4 Å². The van der Waals surface area contributed by atoms with Crippen molar-refractivity contribution in [2.24, 2.45) is 0 Å². The first-order valence-corrected chi connectivity index (χ1v) is 8.40. The van der Waals surface area contributed by atoms with Crippen molar-refractivity contribution in [3.63, 3.8) is 0 Å². The third-order valence-corrected chi connectivity index (χ3v) is 4.19. The van der Waals surface area contributed by atoms with Gasteiger partial charge in [0.05, 0.1) is 22.4 Å². The van der Waals surface area contributed by atoms with Gasteiger partial charge in [0.15, 0.2) is 0 Å². The van der Waals surface area contributed by atoms with Crippen molar-refractivity contribution in [3.05, 3.63) is 80.4 Å². The predicted octanol–water partition coefficient (Wildman–Crippen LogP) is 2.88. The third kappa shape index (κ3) is 3.84. The summed E-state index contributed by atoms with van der Waals surface area (Å²) in [5.74, 6) is 0.0818. The molecule has 0 bridgehead atoms. The van der Waals surface area contributed by atoms with Crippen LogP contribution in [0.3, 0.4) is 0 Å². The van der Waals surface area contributed by atoms with Gasteiger partial charge in [-0.3, -0.25) is 19.7 Å². The normalized spacial score (nSPS) is 10.9. The Morgan fingerprint density at radius 1 is 1.19 bits per heavy atom. The van der Waals surface area contributed by atoms with Crippen LogP contribution < -0.4 is 5.56 Å². The van der Waals surface area contributed by atoms with E-state index in [0.29, 0.717) is 22.3 Å². The molecule has 3 aromatic rings. The molecular formula is C19H18N4O4. The highest BCUT2D eigenvalue weighted by Gasteiger charge is 2.21. The number of nitrogens with one attached hydrogen (secondary N) is 1. The molecule has 0 unspecified atom stereocenters. The fraction of sp³-hybridized carbons (Fsp3) is 0.211. The quantitative estimate of drug-likeness (QED) is 0.551. The summed E-state index contributed by atoms with van der Waals surface area (Å²) in [7, 11) is 0. The van der Waals surface area contributed by atoms with Crippen molar-refractivity contribution < 1.29 is 9.72 Å². The number of amides is 1. The molecule has 0 radical (unpaired) electrons. The molecule has 8 nitrogen and oxygen atoms in total. The Morgan fingerprint density at radius 3 is 2.48 bits per heavy atom. The van der Waals surface area contributed by atoms with Gasteiger partial charge >= 0.3 is 0 Å². The zero-order chi connectivity index (χ0) is 19.6. The van der Waals surface area contributed by atoms with Crippen LogP contribution in [0.4, 0.5) is 5.69 Å². The highest BCUT2D eigenvalue weighted by molar-refractivity contribution is 5.94. The fourth-order valence-corrected chi connectivity index (χ4v) is 2.75. The molecule has 1 N–H and O–H groups in total. The molecule has 0 saturated heterocycles. The van der Waals surface area contributed by atoms with E-state index in [1.807, 2.05) is 13.8 Å². The lowest BCUT2D eigenvalue weighted by molar-refractivity contribution is -0.384. The van der Waals surface area contributed by atoms with Gasteiger partial charge in [-0.2, -0.15) is 0 Å². The number of non-ortho nitro benzene ring substituents is 1. The van der Waals surface area contributed by atoms with Crippen LogP contribution in [0, 0.1) is 10.1 Å². The van der Waals surface area contributed by atoms with Crippen LogP contribution in [0.5, 0.6) is 0 Å². The SMILES string of the molecule is CC(C)N(Cc1nc2ccccc2c(=O)[nH]1)C(=O)c1ccc([N+](=O)[O-])cc1. The maximum Gasteiger partial charge on any atom is 0.269 e. The zero-order valence-electron chi connectivity index (χ0n) is 14.9. The zero-order valence-corrected chi connectivity index (χ0v) is 14.9. The first kappa shape index (κ1) is 18.2. The number of aromatic amines is 1. The second-order valence-corrected chi connectivity index (χ2v) is 6.36.